The molecule has 0 aliphatic carbocycles. The van der Waals surface area contributed by atoms with E-state index >= 15 is 0 Å². The fraction of sp³-hybridized carbons (Fsp3) is 0.154. The van der Waals surface area contributed by atoms with E-state index < -0.39 is 18.5 Å². The highest BCUT2D eigenvalue weighted by Gasteiger charge is 2.21. The molecule has 23 heavy (non-hydrogen) atoms. The summed E-state index contributed by atoms with van der Waals surface area (Å²) in [7, 11) is 1.38. The minimum absolute atomic E-state index is 0.132. The molecule has 10 heteroatoms. The van der Waals surface area contributed by atoms with Crippen LogP contribution in [0.2, 0.25) is 5.02 Å². The van der Waals surface area contributed by atoms with E-state index in [1.54, 1.807) is 0 Å². The molecule has 7 nitrogen and oxygen atoms in total. The van der Waals surface area contributed by atoms with Gasteiger partial charge in [0.1, 0.15) is 5.75 Å². The summed E-state index contributed by atoms with van der Waals surface area (Å²) in [5.74, 6) is -2.28. The first-order valence-electron chi connectivity index (χ1n) is 6.10. The van der Waals surface area contributed by atoms with Crippen LogP contribution in [0.3, 0.4) is 0 Å². The second-order valence-electron chi connectivity index (χ2n) is 4.31. The van der Waals surface area contributed by atoms with Crippen molar-refractivity contribution < 1.29 is 28.2 Å². The first-order chi connectivity index (χ1) is 10.8. The van der Waals surface area contributed by atoms with Gasteiger partial charge in [-0.05, 0) is 18.2 Å². The molecule has 0 fully saturated rings. The maximum absolute atomic E-state index is 12.1. The second kappa shape index (κ2) is 6.61. The van der Waals surface area contributed by atoms with Gasteiger partial charge in [-0.2, -0.15) is 13.9 Å². The van der Waals surface area contributed by atoms with Crippen molar-refractivity contribution in [3.63, 3.8) is 0 Å². The van der Waals surface area contributed by atoms with Crippen molar-refractivity contribution in [3.8, 4) is 5.75 Å². The van der Waals surface area contributed by atoms with Crippen molar-refractivity contribution >= 4 is 29.2 Å². The fourth-order valence-corrected chi connectivity index (χ4v) is 2.05. The van der Waals surface area contributed by atoms with E-state index in [0.29, 0.717) is 0 Å². The highest BCUT2D eigenvalue weighted by Crippen LogP contribution is 2.29. The predicted octanol–water partition coefficient (Wildman–Crippen LogP) is 2.63. The van der Waals surface area contributed by atoms with Crippen molar-refractivity contribution in [1.82, 2.24) is 9.78 Å². The Morgan fingerprint density at radius 2 is 2.13 bits per heavy atom. The van der Waals surface area contributed by atoms with Gasteiger partial charge in [-0.3, -0.25) is 9.48 Å². The first kappa shape index (κ1) is 16.7. The van der Waals surface area contributed by atoms with Gasteiger partial charge in [0.2, 0.25) is 0 Å². The maximum Gasteiger partial charge on any atom is 0.387 e. The maximum atomic E-state index is 12.1. The van der Waals surface area contributed by atoms with Crippen LogP contribution in [0.15, 0.2) is 24.4 Å². The van der Waals surface area contributed by atoms with Crippen LogP contribution in [0.25, 0.3) is 0 Å². The van der Waals surface area contributed by atoms with E-state index in [1.807, 2.05) is 0 Å². The molecule has 0 unspecified atom stereocenters. The van der Waals surface area contributed by atoms with Gasteiger partial charge in [0.25, 0.3) is 5.91 Å². The number of carboxylic acids is 1. The summed E-state index contributed by atoms with van der Waals surface area (Å²) in [5.41, 5.74) is -0.253. The summed E-state index contributed by atoms with van der Waals surface area (Å²) >= 11 is 5.77. The Morgan fingerprint density at radius 3 is 2.70 bits per heavy atom. The van der Waals surface area contributed by atoms with E-state index in [-0.39, 0.29) is 27.7 Å². The van der Waals surface area contributed by atoms with Crippen LogP contribution in [0.4, 0.5) is 14.5 Å². The Hall–Kier alpha value is -2.68. The number of anilines is 1. The number of aryl methyl sites for hydroxylation is 1. The van der Waals surface area contributed by atoms with Gasteiger partial charge in [-0.1, -0.05) is 11.6 Å². The van der Waals surface area contributed by atoms with Crippen LogP contribution in [-0.2, 0) is 7.05 Å². The quantitative estimate of drug-likeness (QED) is 0.868. The number of hydrogen-bond acceptors (Lipinski definition) is 4. The van der Waals surface area contributed by atoms with Gasteiger partial charge in [0.05, 0.1) is 16.8 Å². The Kier molecular flexibility index (Phi) is 4.80. The number of hydrogen-bond donors (Lipinski definition) is 2. The number of aromatic nitrogens is 2. The zero-order chi connectivity index (χ0) is 17.1. The summed E-state index contributed by atoms with van der Waals surface area (Å²) < 4.78 is 29.5. The summed E-state index contributed by atoms with van der Waals surface area (Å²) in [6, 6.07) is 3.65. The molecule has 0 atom stereocenters. The summed E-state index contributed by atoms with van der Waals surface area (Å²) in [6.07, 6.45) is 1.11. The molecule has 0 aliphatic heterocycles. The lowest BCUT2D eigenvalue weighted by atomic mass is 10.2. The number of carbonyl (C=O) groups is 2. The monoisotopic (exact) mass is 345 g/mol. The predicted molar refractivity (Wildman–Crippen MR) is 76.2 cm³/mol. The molecule has 0 saturated carbocycles. The van der Waals surface area contributed by atoms with Crippen LogP contribution in [0, 0.1) is 0 Å². The average molecular weight is 346 g/mol. The van der Waals surface area contributed by atoms with Crippen molar-refractivity contribution in [2.75, 3.05) is 5.32 Å². The second-order valence-corrected chi connectivity index (χ2v) is 4.72. The molecule has 0 bridgehead atoms. The normalized spacial score (nSPS) is 10.7. The van der Waals surface area contributed by atoms with E-state index in [2.05, 4.69) is 15.2 Å². The van der Waals surface area contributed by atoms with Crippen LogP contribution >= 0.6 is 11.6 Å². The van der Waals surface area contributed by atoms with Gasteiger partial charge in [-0.25, -0.2) is 4.79 Å². The third kappa shape index (κ3) is 3.75. The third-order valence-corrected chi connectivity index (χ3v) is 3.09. The van der Waals surface area contributed by atoms with Crippen LogP contribution in [0.5, 0.6) is 5.75 Å². The van der Waals surface area contributed by atoms with E-state index in [0.717, 1.165) is 16.9 Å². The lowest BCUT2D eigenvalue weighted by Gasteiger charge is -2.09. The van der Waals surface area contributed by atoms with E-state index in [1.165, 1.54) is 19.2 Å². The number of aromatic carboxylic acids is 1. The SMILES string of the molecule is Cn1ncc(C(=O)Nc2ccc(OC(F)F)c(Cl)c2)c1C(=O)O. The number of alkyl halides is 2. The Bertz CT molecular complexity index is 764. The standard InChI is InChI=1S/C13H10ClF2N3O4/c1-19-10(12(21)22)7(5-17-19)11(20)18-6-2-3-9(8(14)4-6)23-13(15)16/h2-5,13H,1H3,(H,18,20)(H,21,22). The molecule has 2 aromatic rings. The zero-order valence-corrected chi connectivity index (χ0v) is 12.3. The molecular formula is C13H10ClF2N3O4. The number of nitrogens with zero attached hydrogens (tertiary/aromatic N) is 2. The minimum atomic E-state index is -3.03. The van der Waals surface area contributed by atoms with Gasteiger partial charge in [0, 0.05) is 12.7 Å². The van der Waals surface area contributed by atoms with Crippen LogP contribution in [-0.4, -0.2) is 33.4 Å². The molecule has 2 rings (SSSR count). The van der Waals surface area contributed by atoms with Crippen LogP contribution < -0.4 is 10.1 Å². The average Bonchev–Trinajstić information content (AvgIpc) is 2.83. The summed E-state index contributed by atoms with van der Waals surface area (Å²) in [6.45, 7) is -3.03. The number of rotatable bonds is 5. The third-order valence-electron chi connectivity index (χ3n) is 2.79. The lowest BCUT2D eigenvalue weighted by Crippen LogP contribution is -2.17. The van der Waals surface area contributed by atoms with Gasteiger partial charge in [0.15, 0.2) is 5.69 Å². The topological polar surface area (TPSA) is 93.5 Å². The van der Waals surface area contributed by atoms with Crippen molar-refractivity contribution in [3.05, 3.63) is 40.7 Å². The van der Waals surface area contributed by atoms with E-state index in [9.17, 15) is 18.4 Å². The molecule has 1 aromatic heterocycles. The van der Waals surface area contributed by atoms with Crippen molar-refractivity contribution in [2.24, 2.45) is 7.05 Å². The van der Waals surface area contributed by atoms with Gasteiger partial charge in [-0.15, -0.1) is 0 Å². The number of amides is 1. The Labute approximate surface area is 133 Å². The van der Waals surface area contributed by atoms with E-state index in [4.69, 9.17) is 16.7 Å². The van der Waals surface area contributed by atoms with Crippen LogP contribution in [0.1, 0.15) is 20.8 Å². The minimum Gasteiger partial charge on any atom is -0.477 e. The largest absolute Gasteiger partial charge is 0.477 e. The highest BCUT2D eigenvalue weighted by atomic mass is 35.5. The summed E-state index contributed by atoms with van der Waals surface area (Å²) in [4.78, 5) is 23.2. The lowest BCUT2D eigenvalue weighted by molar-refractivity contribution is -0.0497. The molecule has 122 valence electrons. The molecule has 1 heterocycles. The number of nitrogens with one attached hydrogen (secondary N) is 1. The smallest absolute Gasteiger partial charge is 0.387 e. The molecule has 0 aliphatic rings. The molecule has 0 spiro atoms. The molecule has 1 amide bonds. The number of halogens is 3. The zero-order valence-electron chi connectivity index (χ0n) is 11.6. The van der Waals surface area contributed by atoms with Gasteiger partial charge >= 0.3 is 12.6 Å². The van der Waals surface area contributed by atoms with Crippen molar-refractivity contribution in [1.29, 1.82) is 0 Å². The molecule has 0 radical (unpaired) electrons. The Balaban J connectivity index is 2.21. The molecular weight excluding hydrogens is 336 g/mol. The number of carbonyl (C=O) groups excluding carboxylic acids is 1. The summed E-state index contributed by atoms with van der Waals surface area (Å²) in [5, 5.41) is 15.0. The van der Waals surface area contributed by atoms with Crippen molar-refractivity contribution in [2.45, 2.75) is 6.61 Å². The number of benzene rings is 1. The highest BCUT2D eigenvalue weighted by molar-refractivity contribution is 6.32. The first-order valence-corrected chi connectivity index (χ1v) is 6.48. The number of carboxylic acid groups (broad SMARTS) is 1. The van der Waals surface area contributed by atoms with Gasteiger partial charge < -0.3 is 15.2 Å². The fourth-order valence-electron chi connectivity index (χ4n) is 1.83. The molecule has 2 N–H and O–H groups in total. The molecule has 1 aromatic carbocycles. The number of ether oxygens (including phenoxy) is 1. The molecule has 0 saturated heterocycles. The Morgan fingerprint density at radius 1 is 1.43 bits per heavy atom.